The van der Waals surface area contributed by atoms with Crippen molar-refractivity contribution in [2.75, 3.05) is 13.3 Å². The second-order valence-corrected chi connectivity index (χ2v) is 8.11. The van der Waals surface area contributed by atoms with Crippen molar-refractivity contribution >= 4 is 22.6 Å². The average molecular weight is 396 g/mol. The molecule has 2 aliphatic rings. The summed E-state index contributed by atoms with van der Waals surface area (Å²) in [5.41, 5.74) is 4.82. The molecule has 5 rings (SSSR count). The summed E-state index contributed by atoms with van der Waals surface area (Å²) in [5, 5.41) is 1.83. The summed E-state index contributed by atoms with van der Waals surface area (Å²) >= 11 is 5.97. The molecular formula is C23H22ClNO3. The number of nitrogens with zero attached hydrogens (tertiary/aromatic N) is 1. The number of aryl methyl sites for hydroxylation is 1. The molecular weight excluding hydrogens is 374 g/mol. The fourth-order valence-corrected chi connectivity index (χ4v) is 4.47. The van der Waals surface area contributed by atoms with Crippen LogP contribution in [-0.4, -0.2) is 18.2 Å². The Hall–Kier alpha value is -2.30. The van der Waals surface area contributed by atoms with E-state index in [2.05, 4.69) is 23.1 Å². The van der Waals surface area contributed by atoms with E-state index >= 15 is 0 Å². The van der Waals surface area contributed by atoms with Crippen molar-refractivity contribution in [3.05, 3.63) is 74.1 Å². The summed E-state index contributed by atoms with van der Waals surface area (Å²) in [7, 11) is 0. The SMILES string of the molecule is O=c1oc2c3c(ccc2c2c1CCCC2)OCN(CCc1ccc(Cl)cc1)C3. The third kappa shape index (κ3) is 3.21. The van der Waals surface area contributed by atoms with E-state index < -0.39 is 0 Å². The van der Waals surface area contributed by atoms with Crippen molar-refractivity contribution in [3.63, 3.8) is 0 Å². The molecule has 0 unspecified atom stereocenters. The predicted molar refractivity (Wildman–Crippen MR) is 110 cm³/mol. The van der Waals surface area contributed by atoms with Crippen LogP contribution < -0.4 is 10.4 Å². The van der Waals surface area contributed by atoms with Crippen molar-refractivity contribution in [2.45, 2.75) is 38.6 Å². The van der Waals surface area contributed by atoms with Crippen molar-refractivity contribution in [1.29, 1.82) is 0 Å². The minimum atomic E-state index is -0.172. The van der Waals surface area contributed by atoms with E-state index in [9.17, 15) is 4.79 Å². The first-order valence-electron chi connectivity index (χ1n) is 9.89. The number of halogens is 1. The van der Waals surface area contributed by atoms with Gasteiger partial charge in [-0.15, -0.1) is 0 Å². The van der Waals surface area contributed by atoms with Crippen LogP contribution in [0.4, 0.5) is 0 Å². The summed E-state index contributed by atoms with van der Waals surface area (Å²) < 4.78 is 11.8. The van der Waals surface area contributed by atoms with Gasteiger partial charge in [-0.25, -0.2) is 4.79 Å². The number of fused-ring (bicyclic) bond motifs is 5. The van der Waals surface area contributed by atoms with Gasteiger partial charge in [0.15, 0.2) is 0 Å². The monoisotopic (exact) mass is 395 g/mol. The number of hydrogen-bond acceptors (Lipinski definition) is 4. The van der Waals surface area contributed by atoms with Crippen molar-refractivity contribution in [1.82, 2.24) is 4.90 Å². The molecule has 2 aromatic carbocycles. The Balaban J connectivity index is 1.44. The minimum Gasteiger partial charge on any atom is -0.478 e. The van der Waals surface area contributed by atoms with Gasteiger partial charge in [-0.3, -0.25) is 4.90 Å². The van der Waals surface area contributed by atoms with Gasteiger partial charge in [-0.2, -0.15) is 0 Å². The van der Waals surface area contributed by atoms with E-state index in [-0.39, 0.29) is 5.63 Å². The highest BCUT2D eigenvalue weighted by Gasteiger charge is 2.25. The third-order valence-corrected chi connectivity index (χ3v) is 6.12. The summed E-state index contributed by atoms with van der Waals surface area (Å²) in [5.74, 6) is 0.828. The molecule has 0 saturated heterocycles. The van der Waals surface area contributed by atoms with Gasteiger partial charge in [0, 0.05) is 29.1 Å². The van der Waals surface area contributed by atoms with Gasteiger partial charge < -0.3 is 9.15 Å². The highest BCUT2D eigenvalue weighted by molar-refractivity contribution is 6.30. The lowest BCUT2D eigenvalue weighted by molar-refractivity contribution is 0.0967. The van der Waals surface area contributed by atoms with E-state index in [1.807, 2.05) is 18.2 Å². The van der Waals surface area contributed by atoms with Crippen molar-refractivity contribution < 1.29 is 9.15 Å². The van der Waals surface area contributed by atoms with E-state index in [0.29, 0.717) is 12.3 Å². The highest BCUT2D eigenvalue weighted by atomic mass is 35.5. The molecule has 0 amide bonds. The van der Waals surface area contributed by atoms with E-state index in [1.54, 1.807) is 0 Å². The topological polar surface area (TPSA) is 42.7 Å². The first-order chi connectivity index (χ1) is 13.7. The zero-order chi connectivity index (χ0) is 19.1. The van der Waals surface area contributed by atoms with Crippen molar-refractivity contribution in [3.8, 4) is 5.75 Å². The fraction of sp³-hybridized carbons (Fsp3) is 0.348. The maximum absolute atomic E-state index is 12.6. The largest absolute Gasteiger partial charge is 0.478 e. The average Bonchev–Trinajstić information content (AvgIpc) is 2.73. The van der Waals surface area contributed by atoms with Crippen LogP contribution in [0.15, 0.2) is 45.6 Å². The zero-order valence-electron chi connectivity index (χ0n) is 15.7. The first kappa shape index (κ1) is 17.8. The molecule has 0 bridgehead atoms. The number of benzene rings is 2. The molecule has 5 heteroatoms. The second-order valence-electron chi connectivity index (χ2n) is 7.68. The van der Waals surface area contributed by atoms with Crippen molar-refractivity contribution in [2.24, 2.45) is 0 Å². The molecule has 4 nitrogen and oxygen atoms in total. The van der Waals surface area contributed by atoms with Crippen LogP contribution in [0.1, 0.15) is 35.1 Å². The van der Waals surface area contributed by atoms with Gasteiger partial charge in [0.2, 0.25) is 0 Å². The lowest BCUT2D eigenvalue weighted by Crippen LogP contribution is -2.34. The van der Waals surface area contributed by atoms with Gasteiger partial charge >= 0.3 is 5.63 Å². The maximum atomic E-state index is 12.6. The molecule has 0 atom stereocenters. The Morgan fingerprint density at radius 1 is 0.964 bits per heavy atom. The summed E-state index contributed by atoms with van der Waals surface area (Å²) in [4.78, 5) is 14.8. The molecule has 0 saturated carbocycles. The molecule has 3 aromatic rings. The normalized spacial score (nSPS) is 16.5. The lowest BCUT2D eigenvalue weighted by Gasteiger charge is -2.29. The van der Waals surface area contributed by atoms with Crippen LogP contribution in [0.3, 0.4) is 0 Å². The third-order valence-electron chi connectivity index (χ3n) is 5.87. The van der Waals surface area contributed by atoms with Gasteiger partial charge in [-0.1, -0.05) is 23.7 Å². The predicted octanol–water partition coefficient (Wildman–Crippen LogP) is 4.72. The zero-order valence-corrected chi connectivity index (χ0v) is 16.4. The molecule has 0 spiro atoms. The summed E-state index contributed by atoms with van der Waals surface area (Å²) in [6, 6.07) is 12.0. The molecule has 0 N–H and O–H groups in total. The van der Waals surface area contributed by atoms with E-state index in [0.717, 1.165) is 72.5 Å². The Morgan fingerprint density at radius 3 is 2.57 bits per heavy atom. The van der Waals surface area contributed by atoms with E-state index in [1.165, 1.54) is 11.1 Å². The van der Waals surface area contributed by atoms with Gasteiger partial charge in [0.25, 0.3) is 0 Å². The number of hydrogen-bond donors (Lipinski definition) is 0. The number of rotatable bonds is 3. The standard InChI is InChI=1S/C23H22ClNO3/c24-16-7-5-15(6-8-16)11-12-25-13-20-21(27-14-25)10-9-18-17-3-1-2-4-19(17)23(26)28-22(18)20/h5-10H,1-4,11-14H2. The number of ether oxygens (including phenoxy) is 1. The fourth-order valence-electron chi connectivity index (χ4n) is 4.34. The highest BCUT2D eigenvalue weighted by Crippen LogP contribution is 2.35. The first-order valence-corrected chi connectivity index (χ1v) is 10.3. The van der Waals surface area contributed by atoms with Gasteiger partial charge in [-0.05, 0) is 67.5 Å². The van der Waals surface area contributed by atoms with Crippen LogP contribution >= 0.6 is 11.6 Å². The Labute approximate surface area is 168 Å². The van der Waals surface area contributed by atoms with E-state index in [4.69, 9.17) is 20.8 Å². The van der Waals surface area contributed by atoms with Crippen LogP contribution in [0.5, 0.6) is 5.75 Å². The Kier molecular flexibility index (Phi) is 4.61. The summed E-state index contributed by atoms with van der Waals surface area (Å²) in [6.07, 6.45) is 4.90. The molecule has 28 heavy (non-hydrogen) atoms. The molecule has 1 aromatic heterocycles. The quantitative estimate of drug-likeness (QED) is 0.602. The minimum absolute atomic E-state index is 0.172. The van der Waals surface area contributed by atoms with Crippen LogP contribution in [0.2, 0.25) is 5.02 Å². The maximum Gasteiger partial charge on any atom is 0.339 e. The lowest BCUT2D eigenvalue weighted by atomic mass is 9.90. The second kappa shape index (κ2) is 7.26. The summed E-state index contributed by atoms with van der Waals surface area (Å²) in [6.45, 7) is 2.13. The smallest absolute Gasteiger partial charge is 0.339 e. The van der Waals surface area contributed by atoms with Crippen LogP contribution in [0, 0.1) is 0 Å². The van der Waals surface area contributed by atoms with Crippen LogP contribution in [-0.2, 0) is 25.8 Å². The Morgan fingerprint density at radius 2 is 1.75 bits per heavy atom. The van der Waals surface area contributed by atoms with Crippen LogP contribution in [0.25, 0.3) is 11.0 Å². The molecule has 0 radical (unpaired) electrons. The van der Waals surface area contributed by atoms with Gasteiger partial charge in [0.1, 0.15) is 18.1 Å². The molecule has 1 aliphatic heterocycles. The molecule has 2 heterocycles. The molecule has 0 fully saturated rings. The van der Waals surface area contributed by atoms with Gasteiger partial charge in [0.05, 0.1) is 5.56 Å². The molecule has 144 valence electrons. The Bertz CT molecular complexity index is 1090. The molecule has 1 aliphatic carbocycles.